The van der Waals surface area contributed by atoms with Crippen molar-refractivity contribution in [1.82, 2.24) is 10.2 Å². The molecule has 3 atom stereocenters. The number of carbonyl (C=O) groups excluding carboxylic acids is 2. The fraction of sp³-hybridized carbons (Fsp3) is 0.474. The molecule has 0 spiro atoms. The number of oxime groups is 1. The lowest BCUT2D eigenvalue weighted by molar-refractivity contribution is -0.136. The molecule has 8 heteroatoms. The molecule has 2 heterocycles. The van der Waals surface area contributed by atoms with E-state index in [2.05, 4.69) is 22.6 Å². The van der Waals surface area contributed by atoms with E-state index in [1.807, 2.05) is 12.1 Å². The first-order valence-electron chi connectivity index (χ1n) is 9.02. The molecular weight excluding hydrogens is 382 g/mol. The van der Waals surface area contributed by atoms with Crippen LogP contribution in [-0.4, -0.2) is 63.1 Å². The average molecular weight is 404 g/mol. The third-order valence-electron chi connectivity index (χ3n) is 5.64. The summed E-state index contributed by atoms with van der Waals surface area (Å²) < 4.78 is 0. The van der Waals surface area contributed by atoms with Crippen LogP contribution in [0.2, 0.25) is 0 Å². The van der Waals surface area contributed by atoms with Gasteiger partial charge in [-0.1, -0.05) is 41.6 Å². The second kappa shape index (κ2) is 7.69. The standard InChI is InChI=1S/C19H21N3O3S2/c23-18(13-5-11-3-1-2-4-12(11)6-13)16-15(26)8-20-17(16)19(24)22-10-27-9-14(22)7-21-25/h1-4,7,13-14,16-17,20,25H,5-6,8-10H2/t14-,16?,17+/m1/s1. The van der Waals surface area contributed by atoms with Crippen LogP contribution < -0.4 is 5.32 Å². The van der Waals surface area contributed by atoms with Gasteiger partial charge in [0.2, 0.25) is 5.91 Å². The van der Waals surface area contributed by atoms with Crippen molar-refractivity contribution in [3.63, 3.8) is 0 Å². The van der Waals surface area contributed by atoms with Gasteiger partial charge in [-0.2, -0.15) is 0 Å². The zero-order valence-electron chi connectivity index (χ0n) is 14.7. The van der Waals surface area contributed by atoms with E-state index in [0.29, 0.717) is 35.9 Å². The predicted octanol–water partition coefficient (Wildman–Crippen LogP) is 1.29. The maximum Gasteiger partial charge on any atom is 0.242 e. The second-order valence-corrected chi connectivity index (χ2v) is 8.74. The topological polar surface area (TPSA) is 82.0 Å². The molecule has 0 saturated carbocycles. The normalized spacial score (nSPS) is 28.2. The van der Waals surface area contributed by atoms with Crippen molar-refractivity contribution < 1.29 is 14.8 Å². The van der Waals surface area contributed by atoms with E-state index in [-0.39, 0.29) is 23.7 Å². The Morgan fingerprint density at radius 2 is 2.00 bits per heavy atom. The van der Waals surface area contributed by atoms with Crippen molar-refractivity contribution >= 4 is 46.7 Å². The molecule has 0 bridgehead atoms. The Morgan fingerprint density at radius 3 is 2.67 bits per heavy atom. The largest absolute Gasteiger partial charge is 0.411 e. The molecule has 2 saturated heterocycles. The van der Waals surface area contributed by atoms with Gasteiger partial charge in [-0.3, -0.25) is 9.59 Å². The molecule has 3 aliphatic rings. The summed E-state index contributed by atoms with van der Waals surface area (Å²) in [6.07, 6.45) is 2.80. The molecule has 4 rings (SSSR count). The Kier molecular flexibility index (Phi) is 5.29. The first-order valence-corrected chi connectivity index (χ1v) is 10.6. The molecule has 1 aromatic rings. The molecule has 2 N–H and O–H groups in total. The fourth-order valence-electron chi connectivity index (χ4n) is 4.25. The Balaban J connectivity index is 1.52. The molecule has 0 aromatic heterocycles. The number of nitrogens with one attached hydrogen (secondary N) is 1. The molecule has 2 fully saturated rings. The number of thiocarbonyl (C=S) groups is 1. The first-order chi connectivity index (χ1) is 13.1. The number of thioether (sulfide) groups is 1. The van der Waals surface area contributed by atoms with Crippen molar-refractivity contribution in [1.29, 1.82) is 0 Å². The van der Waals surface area contributed by atoms with Crippen LogP contribution in [0.4, 0.5) is 0 Å². The Bertz CT molecular complexity index is 788. The zero-order chi connectivity index (χ0) is 19.0. The monoisotopic (exact) mass is 403 g/mol. The lowest BCUT2D eigenvalue weighted by Crippen LogP contribution is -2.51. The number of carbonyl (C=O) groups is 2. The summed E-state index contributed by atoms with van der Waals surface area (Å²) in [5, 5.41) is 15.1. The number of benzene rings is 1. The third kappa shape index (κ3) is 3.41. The SMILES string of the molecule is O=C(C1Cc2ccccc2C1)C1C(=S)CN[C@@H]1C(=O)N1CSC[C@H]1C=NO. The smallest absolute Gasteiger partial charge is 0.242 e. The predicted molar refractivity (Wildman–Crippen MR) is 108 cm³/mol. The van der Waals surface area contributed by atoms with Crippen LogP contribution in [0.3, 0.4) is 0 Å². The lowest BCUT2D eigenvalue weighted by Gasteiger charge is -2.27. The van der Waals surface area contributed by atoms with Crippen LogP contribution in [-0.2, 0) is 22.4 Å². The zero-order valence-corrected chi connectivity index (χ0v) is 16.3. The number of fused-ring (bicyclic) bond motifs is 1. The Morgan fingerprint density at radius 1 is 1.30 bits per heavy atom. The molecule has 1 aliphatic carbocycles. The van der Waals surface area contributed by atoms with Gasteiger partial charge < -0.3 is 15.4 Å². The van der Waals surface area contributed by atoms with Gasteiger partial charge in [0.1, 0.15) is 11.8 Å². The lowest BCUT2D eigenvalue weighted by atomic mass is 9.85. The number of amides is 1. The van der Waals surface area contributed by atoms with Gasteiger partial charge in [0, 0.05) is 23.1 Å². The van der Waals surface area contributed by atoms with Crippen LogP contribution >= 0.6 is 24.0 Å². The van der Waals surface area contributed by atoms with E-state index in [9.17, 15) is 9.59 Å². The van der Waals surface area contributed by atoms with Crippen molar-refractivity contribution in [2.45, 2.75) is 24.9 Å². The first kappa shape index (κ1) is 18.6. The van der Waals surface area contributed by atoms with Crippen LogP contribution in [0.15, 0.2) is 29.4 Å². The number of Topliss-reactive ketones (excluding diaryl/α,β-unsaturated/α-hetero) is 1. The third-order valence-corrected chi connectivity index (χ3v) is 7.08. The van der Waals surface area contributed by atoms with E-state index in [4.69, 9.17) is 17.4 Å². The molecule has 2 aliphatic heterocycles. The number of rotatable bonds is 4. The van der Waals surface area contributed by atoms with Gasteiger partial charge in [-0.15, -0.1) is 11.8 Å². The van der Waals surface area contributed by atoms with Gasteiger partial charge in [0.25, 0.3) is 0 Å². The highest BCUT2D eigenvalue weighted by molar-refractivity contribution is 7.99. The van der Waals surface area contributed by atoms with Gasteiger partial charge in [0.15, 0.2) is 0 Å². The number of nitrogens with zero attached hydrogens (tertiary/aromatic N) is 2. The van der Waals surface area contributed by atoms with Crippen molar-refractivity contribution in [2.24, 2.45) is 17.0 Å². The van der Waals surface area contributed by atoms with E-state index in [1.54, 1.807) is 16.7 Å². The summed E-state index contributed by atoms with van der Waals surface area (Å²) in [5.41, 5.74) is 2.43. The fourth-order valence-corrected chi connectivity index (χ4v) is 5.72. The average Bonchev–Trinajstić information content (AvgIpc) is 3.38. The summed E-state index contributed by atoms with van der Waals surface area (Å²) in [6, 6.07) is 7.24. The molecule has 0 radical (unpaired) electrons. The summed E-state index contributed by atoms with van der Waals surface area (Å²) in [7, 11) is 0. The van der Waals surface area contributed by atoms with E-state index in [0.717, 1.165) is 0 Å². The Labute approximate surface area is 167 Å². The van der Waals surface area contributed by atoms with Crippen molar-refractivity contribution in [2.75, 3.05) is 18.2 Å². The maximum atomic E-state index is 13.3. The van der Waals surface area contributed by atoms with Gasteiger partial charge in [0.05, 0.1) is 24.1 Å². The second-order valence-electron chi connectivity index (χ2n) is 7.22. The minimum Gasteiger partial charge on any atom is -0.411 e. The highest BCUT2D eigenvalue weighted by Crippen LogP contribution is 2.32. The summed E-state index contributed by atoms with van der Waals surface area (Å²) in [6.45, 7) is 0.404. The highest BCUT2D eigenvalue weighted by atomic mass is 32.2. The van der Waals surface area contributed by atoms with Crippen molar-refractivity contribution in [3.8, 4) is 0 Å². The minimum absolute atomic E-state index is 0.0683. The minimum atomic E-state index is -0.623. The van der Waals surface area contributed by atoms with E-state index < -0.39 is 12.0 Å². The quantitative estimate of drug-likeness (QED) is 0.341. The molecule has 6 nitrogen and oxygen atoms in total. The molecule has 1 aromatic carbocycles. The summed E-state index contributed by atoms with van der Waals surface area (Å²) in [5.74, 6) is 0.449. The van der Waals surface area contributed by atoms with Crippen LogP contribution in [0, 0.1) is 11.8 Å². The molecule has 142 valence electrons. The number of ketones is 1. The Hall–Kier alpha value is -1.77. The van der Waals surface area contributed by atoms with Crippen molar-refractivity contribution in [3.05, 3.63) is 35.4 Å². The molecule has 1 unspecified atom stereocenters. The van der Waals surface area contributed by atoms with E-state index in [1.165, 1.54) is 17.3 Å². The van der Waals surface area contributed by atoms with Gasteiger partial charge in [-0.25, -0.2) is 0 Å². The number of hydrogen-bond donors (Lipinski definition) is 2. The molecular formula is C19H21N3O3S2. The summed E-state index contributed by atoms with van der Waals surface area (Å²) >= 11 is 7.07. The van der Waals surface area contributed by atoms with Crippen LogP contribution in [0.1, 0.15) is 11.1 Å². The maximum absolute atomic E-state index is 13.3. The summed E-state index contributed by atoms with van der Waals surface area (Å²) in [4.78, 5) is 28.7. The molecule has 27 heavy (non-hydrogen) atoms. The van der Waals surface area contributed by atoms with Crippen LogP contribution in [0.25, 0.3) is 0 Å². The molecule has 1 amide bonds. The van der Waals surface area contributed by atoms with Gasteiger partial charge >= 0.3 is 0 Å². The number of hydrogen-bond acceptors (Lipinski definition) is 7. The van der Waals surface area contributed by atoms with Crippen LogP contribution in [0.5, 0.6) is 0 Å². The van der Waals surface area contributed by atoms with Gasteiger partial charge in [-0.05, 0) is 24.0 Å². The highest BCUT2D eigenvalue weighted by Gasteiger charge is 2.47. The van der Waals surface area contributed by atoms with E-state index >= 15 is 0 Å².